The highest BCUT2D eigenvalue weighted by molar-refractivity contribution is 8.00. The third-order valence-electron chi connectivity index (χ3n) is 15.6. The molecule has 1 spiro atoms. The maximum absolute atomic E-state index is 14.5. The lowest BCUT2D eigenvalue weighted by Crippen LogP contribution is -2.63. The predicted molar refractivity (Wildman–Crippen MR) is 283 cm³/mol. The summed E-state index contributed by atoms with van der Waals surface area (Å²) >= 11 is 9.68. The number of halogens is 2. The number of rotatable bonds is 12. The topological polar surface area (TPSA) is 74.8 Å². The van der Waals surface area contributed by atoms with Crippen molar-refractivity contribution in [2.45, 2.75) is 145 Å². The van der Waals surface area contributed by atoms with E-state index in [1.54, 1.807) is 0 Å². The number of hydrogen-bond acceptors (Lipinski definition) is 11. The quantitative estimate of drug-likeness (QED) is 0.0902. The van der Waals surface area contributed by atoms with E-state index >= 15 is 0 Å². The van der Waals surface area contributed by atoms with E-state index in [-0.39, 0.29) is 27.1 Å². The number of thiol groups is 2. The lowest BCUT2D eigenvalue weighted by Gasteiger charge is -2.61. The number of nitrogens with one attached hydrogen (secondary N) is 3. The first kappa shape index (κ1) is 49.2. The van der Waals surface area contributed by atoms with Crippen LogP contribution in [0, 0.1) is 17.0 Å². The number of aromatic nitrogens is 2. The van der Waals surface area contributed by atoms with Crippen LogP contribution in [-0.2, 0) is 6.42 Å². The van der Waals surface area contributed by atoms with Crippen molar-refractivity contribution < 1.29 is 8.78 Å². The monoisotopic (exact) mass is 952 g/mol. The first-order chi connectivity index (χ1) is 31.9. The van der Waals surface area contributed by atoms with E-state index in [1.165, 1.54) is 69.3 Å². The highest BCUT2D eigenvalue weighted by Crippen LogP contribution is 2.58. The molecule has 6 aliphatic rings. The molecule has 5 heterocycles. The Balaban J connectivity index is 0.000000241. The standard InChI is InChI=1S/C37H55N7S2.C17H20F2N2/c1-8-27-20-28(25(3)41-37(22-35(5,45)46)23-36(24-37)16-18-42(6)19-17-36)14-15-30(27)39-34-38-21-32-33(40-34)44(29-12-10-11-13-29)31(9-2)26(4)43(32)7;1-11-5-6-14(12(2)20-11)17-15(18)9-13(10-16(17)19)21-7-3-4-8-21/h14-15,20-21,29,31,41,45-46H,3-4,8-13,16-19,22-24H2,1-2,5-7H3,(H,38,39,40);9-10,14,20H,1-8H2. The molecule has 2 unspecified atom stereocenters. The fraction of sp³-hybridized carbons (Fsp3) is 0.556. The summed E-state index contributed by atoms with van der Waals surface area (Å²) in [6.45, 7) is 27.4. The summed E-state index contributed by atoms with van der Waals surface area (Å²) in [5, 5.41) is 10.5. The molecular formula is C54H75F2N9S2. The molecule has 0 bridgehead atoms. The largest absolute Gasteiger partial charge is 0.379 e. The highest BCUT2D eigenvalue weighted by Gasteiger charge is 2.56. The zero-order valence-electron chi connectivity index (χ0n) is 40.8. The van der Waals surface area contributed by atoms with Gasteiger partial charge in [0, 0.05) is 77.4 Å². The molecule has 3 N–H and O–H groups in total. The molecule has 2 aromatic carbocycles. The number of benzene rings is 2. The Labute approximate surface area is 410 Å². The Morgan fingerprint density at radius 1 is 0.940 bits per heavy atom. The Morgan fingerprint density at radius 2 is 1.61 bits per heavy atom. The van der Waals surface area contributed by atoms with Gasteiger partial charge in [0.1, 0.15) is 17.3 Å². The van der Waals surface area contributed by atoms with Crippen LogP contribution in [0.25, 0.3) is 5.70 Å². The maximum Gasteiger partial charge on any atom is 0.229 e. The molecule has 362 valence electrons. The van der Waals surface area contributed by atoms with Crippen LogP contribution in [0.3, 0.4) is 0 Å². The van der Waals surface area contributed by atoms with Crippen molar-refractivity contribution in [1.29, 1.82) is 0 Å². The van der Waals surface area contributed by atoms with Crippen molar-refractivity contribution in [2.75, 3.05) is 60.3 Å². The van der Waals surface area contributed by atoms with Crippen LogP contribution in [0.5, 0.6) is 0 Å². The summed E-state index contributed by atoms with van der Waals surface area (Å²) in [4.78, 5) is 19.2. The molecule has 0 radical (unpaired) electrons. The molecule has 2 saturated carbocycles. The smallest absolute Gasteiger partial charge is 0.229 e. The molecule has 2 atom stereocenters. The Kier molecular flexibility index (Phi) is 14.7. The Hall–Kier alpha value is -4.20. The van der Waals surface area contributed by atoms with E-state index < -0.39 is 11.6 Å². The highest BCUT2D eigenvalue weighted by atomic mass is 32.2. The predicted octanol–water partition coefficient (Wildman–Crippen LogP) is 12.1. The van der Waals surface area contributed by atoms with E-state index in [9.17, 15) is 8.78 Å². The number of allylic oxidation sites excluding steroid dienone is 2. The number of piperidine rings is 2. The van der Waals surface area contributed by atoms with Gasteiger partial charge < -0.3 is 35.6 Å². The van der Waals surface area contributed by atoms with Crippen molar-refractivity contribution in [1.82, 2.24) is 25.5 Å². The second-order valence-electron chi connectivity index (χ2n) is 20.9. The van der Waals surface area contributed by atoms with Crippen LogP contribution in [0.2, 0.25) is 0 Å². The van der Waals surface area contributed by atoms with E-state index in [4.69, 9.17) is 35.2 Å². The second-order valence-corrected chi connectivity index (χ2v) is 23.2. The minimum absolute atomic E-state index is 0.0362. The molecule has 5 fully saturated rings. The van der Waals surface area contributed by atoms with Crippen molar-refractivity contribution in [3.63, 3.8) is 0 Å². The van der Waals surface area contributed by atoms with Crippen LogP contribution in [0.4, 0.5) is 37.6 Å². The van der Waals surface area contributed by atoms with Gasteiger partial charge in [0.25, 0.3) is 0 Å². The minimum atomic E-state index is -0.475. The van der Waals surface area contributed by atoms with E-state index in [2.05, 4.69) is 110 Å². The zero-order valence-corrected chi connectivity index (χ0v) is 42.6. The van der Waals surface area contributed by atoms with Gasteiger partial charge in [-0.25, -0.2) is 13.8 Å². The van der Waals surface area contributed by atoms with Crippen molar-refractivity contribution in [3.8, 4) is 0 Å². The summed E-state index contributed by atoms with van der Waals surface area (Å²) < 4.78 is 28.6. The molecule has 2 aliphatic carbocycles. The molecular weight excluding hydrogens is 877 g/mol. The summed E-state index contributed by atoms with van der Waals surface area (Å²) in [6, 6.07) is 10.3. The average molecular weight is 952 g/mol. The van der Waals surface area contributed by atoms with E-state index in [0.29, 0.717) is 41.6 Å². The van der Waals surface area contributed by atoms with Crippen LogP contribution in [-0.4, -0.2) is 76.8 Å². The van der Waals surface area contributed by atoms with Crippen molar-refractivity contribution >= 4 is 59.8 Å². The fourth-order valence-electron chi connectivity index (χ4n) is 12.3. The van der Waals surface area contributed by atoms with Gasteiger partial charge in [-0.05, 0) is 151 Å². The van der Waals surface area contributed by atoms with Gasteiger partial charge in [-0.3, -0.25) is 0 Å². The maximum atomic E-state index is 14.5. The molecule has 0 amide bonds. The number of nitrogens with zero attached hydrogens (tertiary/aromatic N) is 6. The first-order valence-electron chi connectivity index (χ1n) is 24.9. The zero-order chi connectivity index (χ0) is 47.8. The molecule has 4 aliphatic heterocycles. The van der Waals surface area contributed by atoms with Crippen molar-refractivity contribution in [2.24, 2.45) is 5.41 Å². The van der Waals surface area contributed by atoms with Crippen LogP contribution >= 0.6 is 25.3 Å². The number of likely N-dealkylation sites (tertiary alicyclic amines) is 1. The fourth-order valence-corrected chi connectivity index (χ4v) is 12.9. The van der Waals surface area contributed by atoms with E-state index in [1.807, 2.05) is 11.1 Å². The van der Waals surface area contributed by atoms with Gasteiger partial charge in [0.2, 0.25) is 5.95 Å². The van der Waals surface area contributed by atoms with Crippen LogP contribution < -0.4 is 30.7 Å². The van der Waals surface area contributed by atoms with Gasteiger partial charge in [-0.1, -0.05) is 59.1 Å². The molecule has 13 heteroatoms. The normalized spacial score (nSPS) is 22.8. The molecule has 1 aromatic heterocycles. The number of fused-ring (bicyclic) bond motifs is 1. The molecule has 9 rings (SSSR count). The van der Waals surface area contributed by atoms with Crippen LogP contribution in [0.1, 0.15) is 133 Å². The summed E-state index contributed by atoms with van der Waals surface area (Å²) in [5.74, 6) is 0.375. The molecule has 67 heavy (non-hydrogen) atoms. The lowest BCUT2D eigenvalue weighted by molar-refractivity contribution is -0.0406. The second kappa shape index (κ2) is 20.0. The number of anilines is 5. The minimum Gasteiger partial charge on any atom is -0.379 e. The first-order valence-corrected chi connectivity index (χ1v) is 25.8. The SMILES string of the molecule is C=C(NC1(CC(C)(S)S)CC2(CCN(C)CC2)C1)c1ccc(Nc2ncc3c(n2)N(C2CCCC2)C(CC)C(=C)N3C)c(CC)c1.C=C1CCC(c2c(F)cc(N3CCCC3)cc2F)C(=C)N1. The Morgan fingerprint density at radius 3 is 2.22 bits per heavy atom. The molecule has 9 nitrogen and oxygen atoms in total. The summed E-state index contributed by atoms with van der Waals surface area (Å²) in [6.07, 6.45) is 18.1. The number of likely N-dealkylation sites (N-methyl/N-ethyl adjacent to an activating group) is 1. The van der Waals surface area contributed by atoms with Gasteiger partial charge in [0.15, 0.2) is 5.82 Å². The third-order valence-corrected chi connectivity index (χ3v) is 15.9. The summed E-state index contributed by atoms with van der Waals surface area (Å²) in [5.41, 5.74) is 9.15. The van der Waals surface area contributed by atoms with Gasteiger partial charge in [-0.15, -0.1) is 0 Å². The van der Waals surface area contributed by atoms with Crippen LogP contribution in [0.15, 0.2) is 79.9 Å². The van der Waals surface area contributed by atoms with Crippen molar-refractivity contribution in [3.05, 3.63) is 108 Å². The Bertz CT molecular complexity index is 2310. The average Bonchev–Trinajstić information content (AvgIpc) is 4.02. The van der Waals surface area contributed by atoms with Gasteiger partial charge in [-0.2, -0.15) is 30.2 Å². The summed E-state index contributed by atoms with van der Waals surface area (Å²) in [7, 11) is 4.33. The number of aryl methyl sites for hydroxylation is 1. The lowest BCUT2D eigenvalue weighted by atomic mass is 9.52. The van der Waals surface area contributed by atoms with Gasteiger partial charge >= 0.3 is 0 Å². The van der Waals surface area contributed by atoms with E-state index in [0.717, 1.165) is 97.9 Å². The van der Waals surface area contributed by atoms with Gasteiger partial charge in [0.05, 0.1) is 16.3 Å². The third kappa shape index (κ3) is 10.7. The molecule has 3 saturated heterocycles. The number of hydrogen-bond donors (Lipinski definition) is 5. The molecule has 3 aromatic rings.